The number of aryl methyl sites for hydroxylation is 1. The van der Waals surface area contributed by atoms with E-state index < -0.39 is 0 Å². The van der Waals surface area contributed by atoms with E-state index in [1.807, 2.05) is 31.3 Å². The van der Waals surface area contributed by atoms with E-state index >= 15 is 0 Å². The van der Waals surface area contributed by atoms with Gasteiger partial charge in [0.25, 0.3) is 0 Å². The average Bonchev–Trinajstić information content (AvgIpc) is 2.55. The number of rotatable bonds is 2. The first kappa shape index (κ1) is 13.0. The first-order valence-corrected chi connectivity index (χ1v) is 7.43. The predicted octanol–water partition coefficient (Wildman–Crippen LogP) is 1.52. The van der Waals surface area contributed by atoms with Gasteiger partial charge in [-0.25, -0.2) is 15.0 Å². The van der Waals surface area contributed by atoms with Crippen molar-refractivity contribution in [1.29, 1.82) is 5.26 Å². The van der Waals surface area contributed by atoms with E-state index in [1.165, 1.54) is 6.42 Å². The molecular formula is C16H16N6. The highest BCUT2D eigenvalue weighted by molar-refractivity contribution is 5.52. The number of pyridine rings is 1. The Kier molecular flexibility index (Phi) is 2.93. The Hall–Kier alpha value is -2.68. The second-order valence-corrected chi connectivity index (χ2v) is 5.83. The molecule has 6 nitrogen and oxygen atoms in total. The maximum atomic E-state index is 8.86. The highest BCUT2D eigenvalue weighted by Gasteiger charge is 2.45. The Labute approximate surface area is 129 Å². The van der Waals surface area contributed by atoms with Crippen molar-refractivity contribution in [3.8, 4) is 6.07 Å². The van der Waals surface area contributed by atoms with E-state index in [4.69, 9.17) is 5.26 Å². The summed E-state index contributed by atoms with van der Waals surface area (Å²) in [6, 6.07) is 8.80. The largest absolute Gasteiger partial charge is 0.352 e. The Morgan fingerprint density at radius 2 is 1.95 bits per heavy atom. The SMILES string of the molecule is Cc1nccc(N2CC3CC(C2)N3c2ccc(C#N)cn2)n1. The topological polar surface area (TPSA) is 68.9 Å². The van der Waals surface area contributed by atoms with Crippen LogP contribution in [0.4, 0.5) is 11.6 Å². The molecule has 3 saturated heterocycles. The number of hydrogen-bond donors (Lipinski definition) is 0. The van der Waals surface area contributed by atoms with Crippen molar-refractivity contribution >= 4 is 11.6 Å². The van der Waals surface area contributed by atoms with Crippen LogP contribution in [-0.2, 0) is 0 Å². The predicted molar refractivity (Wildman–Crippen MR) is 82.6 cm³/mol. The summed E-state index contributed by atoms with van der Waals surface area (Å²) in [6.45, 7) is 3.82. The third kappa shape index (κ3) is 2.06. The van der Waals surface area contributed by atoms with Crippen LogP contribution in [0.3, 0.4) is 0 Å². The maximum Gasteiger partial charge on any atom is 0.132 e. The zero-order valence-corrected chi connectivity index (χ0v) is 12.3. The molecule has 0 aliphatic carbocycles. The molecule has 110 valence electrons. The van der Waals surface area contributed by atoms with Gasteiger partial charge in [0.1, 0.15) is 23.5 Å². The Balaban J connectivity index is 1.51. The van der Waals surface area contributed by atoms with Crippen LogP contribution in [0.25, 0.3) is 0 Å². The fraction of sp³-hybridized carbons (Fsp3) is 0.375. The third-order valence-electron chi connectivity index (χ3n) is 4.42. The molecule has 2 unspecified atom stereocenters. The molecule has 5 heterocycles. The third-order valence-corrected chi connectivity index (χ3v) is 4.42. The second-order valence-electron chi connectivity index (χ2n) is 5.83. The highest BCUT2D eigenvalue weighted by Crippen LogP contribution is 2.37. The molecule has 2 bridgehead atoms. The minimum Gasteiger partial charge on any atom is -0.352 e. The van der Waals surface area contributed by atoms with Crippen LogP contribution >= 0.6 is 0 Å². The molecule has 22 heavy (non-hydrogen) atoms. The fourth-order valence-electron chi connectivity index (χ4n) is 3.40. The minimum absolute atomic E-state index is 0.467. The minimum atomic E-state index is 0.467. The lowest BCUT2D eigenvalue weighted by Crippen LogP contribution is -2.69. The molecule has 3 fully saturated rings. The summed E-state index contributed by atoms with van der Waals surface area (Å²) < 4.78 is 0. The molecular weight excluding hydrogens is 276 g/mol. The van der Waals surface area contributed by atoms with Crippen molar-refractivity contribution in [2.75, 3.05) is 22.9 Å². The van der Waals surface area contributed by atoms with Crippen molar-refractivity contribution in [2.45, 2.75) is 25.4 Å². The van der Waals surface area contributed by atoms with E-state index in [-0.39, 0.29) is 0 Å². The summed E-state index contributed by atoms with van der Waals surface area (Å²) in [7, 11) is 0. The maximum absolute atomic E-state index is 8.86. The average molecular weight is 292 g/mol. The van der Waals surface area contributed by atoms with Gasteiger partial charge in [0.05, 0.1) is 17.6 Å². The van der Waals surface area contributed by atoms with Crippen molar-refractivity contribution in [2.24, 2.45) is 0 Å². The van der Waals surface area contributed by atoms with Gasteiger partial charge in [0.2, 0.25) is 0 Å². The summed E-state index contributed by atoms with van der Waals surface area (Å²) >= 11 is 0. The highest BCUT2D eigenvalue weighted by atomic mass is 15.4. The van der Waals surface area contributed by atoms with Crippen molar-refractivity contribution in [1.82, 2.24) is 15.0 Å². The molecule has 0 aromatic carbocycles. The number of piperazine rings is 1. The van der Waals surface area contributed by atoms with Crippen LogP contribution < -0.4 is 9.80 Å². The lowest BCUT2D eigenvalue weighted by atomic mass is 9.87. The molecule has 5 rings (SSSR count). The summed E-state index contributed by atoms with van der Waals surface area (Å²) in [6.07, 6.45) is 4.66. The van der Waals surface area contributed by atoms with E-state index in [2.05, 4.69) is 30.8 Å². The number of anilines is 2. The normalized spacial score (nSPS) is 22.9. The van der Waals surface area contributed by atoms with Crippen LogP contribution in [0.15, 0.2) is 30.6 Å². The monoisotopic (exact) mass is 292 g/mol. The summed E-state index contributed by atoms with van der Waals surface area (Å²) in [5.41, 5.74) is 0.604. The molecule has 3 aliphatic heterocycles. The van der Waals surface area contributed by atoms with Gasteiger partial charge in [-0.2, -0.15) is 5.26 Å². The standard InChI is InChI=1S/C16H16N6/c1-11-18-5-4-16(20-11)21-9-13-6-14(10-21)22(13)15-3-2-12(7-17)8-19-15/h2-5,8,13-14H,6,9-10H2,1H3. The second kappa shape index (κ2) is 4.95. The first-order valence-electron chi connectivity index (χ1n) is 7.43. The lowest BCUT2D eigenvalue weighted by Gasteiger charge is -2.57. The number of aromatic nitrogens is 3. The van der Waals surface area contributed by atoms with Crippen LogP contribution in [0.1, 0.15) is 17.8 Å². The van der Waals surface area contributed by atoms with Crippen molar-refractivity contribution in [3.05, 3.63) is 42.0 Å². The molecule has 0 saturated carbocycles. The Morgan fingerprint density at radius 3 is 2.59 bits per heavy atom. The summed E-state index contributed by atoms with van der Waals surface area (Å²) in [5, 5.41) is 8.86. The molecule has 2 aromatic rings. The number of piperidine rings is 1. The van der Waals surface area contributed by atoms with E-state index in [1.54, 1.807) is 6.20 Å². The van der Waals surface area contributed by atoms with Gasteiger partial charge >= 0.3 is 0 Å². The summed E-state index contributed by atoms with van der Waals surface area (Å²) in [4.78, 5) is 17.8. The van der Waals surface area contributed by atoms with Gasteiger partial charge in [-0.05, 0) is 31.5 Å². The molecule has 6 heteroatoms. The van der Waals surface area contributed by atoms with Gasteiger partial charge in [-0.1, -0.05) is 0 Å². The Morgan fingerprint density at radius 1 is 1.14 bits per heavy atom. The van der Waals surface area contributed by atoms with Gasteiger partial charge in [0.15, 0.2) is 0 Å². The molecule has 0 N–H and O–H groups in total. The van der Waals surface area contributed by atoms with Crippen LogP contribution in [-0.4, -0.2) is 40.1 Å². The molecule has 0 amide bonds. The molecule has 2 atom stereocenters. The van der Waals surface area contributed by atoms with Crippen LogP contribution in [0.5, 0.6) is 0 Å². The fourth-order valence-corrected chi connectivity index (χ4v) is 3.40. The zero-order chi connectivity index (χ0) is 15.1. The quantitative estimate of drug-likeness (QED) is 0.836. The van der Waals surface area contributed by atoms with E-state index in [0.29, 0.717) is 17.6 Å². The number of nitrogens with zero attached hydrogens (tertiary/aromatic N) is 6. The Bertz CT molecular complexity index is 723. The summed E-state index contributed by atoms with van der Waals surface area (Å²) in [5.74, 6) is 2.79. The molecule has 0 radical (unpaired) electrons. The zero-order valence-electron chi connectivity index (χ0n) is 12.3. The van der Waals surface area contributed by atoms with Gasteiger partial charge in [0, 0.05) is 25.5 Å². The number of nitriles is 1. The smallest absolute Gasteiger partial charge is 0.132 e. The van der Waals surface area contributed by atoms with Crippen LogP contribution in [0, 0.1) is 18.3 Å². The van der Waals surface area contributed by atoms with Gasteiger partial charge < -0.3 is 9.80 Å². The first-order chi connectivity index (χ1) is 10.7. The number of hydrogen-bond acceptors (Lipinski definition) is 6. The van der Waals surface area contributed by atoms with Crippen molar-refractivity contribution < 1.29 is 0 Å². The van der Waals surface area contributed by atoms with Crippen molar-refractivity contribution in [3.63, 3.8) is 0 Å². The lowest BCUT2D eigenvalue weighted by molar-refractivity contribution is 0.288. The number of fused-ring (bicyclic) bond motifs is 2. The van der Waals surface area contributed by atoms with Gasteiger partial charge in [-0.15, -0.1) is 0 Å². The van der Waals surface area contributed by atoms with E-state index in [0.717, 1.165) is 30.5 Å². The molecule has 2 aromatic heterocycles. The van der Waals surface area contributed by atoms with Crippen LogP contribution in [0.2, 0.25) is 0 Å². The molecule has 3 aliphatic rings. The molecule has 0 spiro atoms. The van der Waals surface area contributed by atoms with E-state index in [9.17, 15) is 0 Å². The van der Waals surface area contributed by atoms with Gasteiger partial charge in [-0.3, -0.25) is 0 Å².